The van der Waals surface area contributed by atoms with Crippen molar-refractivity contribution in [3.63, 3.8) is 0 Å². The van der Waals surface area contributed by atoms with Crippen LogP contribution in [-0.2, 0) is 16.4 Å². The van der Waals surface area contributed by atoms with Gasteiger partial charge >= 0.3 is 0 Å². The van der Waals surface area contributed by atoms with Gasteiger partial charge in [-0.2, -0.15) is 0 Å². The van der Waals surface area contributed by atoms with E-state index in [2.05, 4.69) is 23.5 Å². The number of benzene rings is 3. The standard InChI is InChI=1S/C29H35N3O4S/c1-21(2)19-23-10-12-24(13-11-23)30-37(34,35)25-14-9-22(3)26(20-25)29(33)32-17-15-31(16-18-32)27-7-5-6-8-28(27)36-4/h5-14,20-21,30H,15-19H2,1-4H3. The van der Waals surface area contributed by atoms with Crippen molar-refractivity contribution in [1.82, 2.24) is 4.90 Å². The highest BCUT2D eigenvalue weighted by atomic mass is 32.2. The molecule has 1 aliphatic heterocycles. The second-order valence-corrected chi connectivity index (χ2v) is 11.5. The summed E-state index contributed by atoms with van der Waals surface area (Å²) < 4.78 is 34.4. The molecule has 1 aliphatic rings. The minimum Gasteiger partial charge on any atom is -0.495 e. The Labute approximate surface area is 220 Å². The molecule has 0 radical (unpaired) electrons. The van der Waals surface area contributed by atoms with Gasteiger partial charge in [-0.05, 0) is 66.8 Å². The number of methoxy groups -OCH3 is 1. The summed E-state index contributed by atoms with van der Waals surface area (Å²) >= 11 is 0. The van der Waals surface area contributed by atoms with Gasteiger partial charge in [0.15, 0.2) is 0 Å². The summed E-state index contributed by atoms with van der Waals surface area (Å²) in [5.74, 6) is 1.17. The largest absolute Gasteiger partial charge is 0.495 e. The average Bonchev–Trinajstić information content (AvgIpc) is 2.89. The number of rotatable bonds is 8. The molecule has 196 valence electrons. The van der Waals surface area contributed by atoms with Gasteiger partial charge in [-0.3, -0.25) is 9.52 Å². The summed E-state index contributed by atoms with van der Waals surface area (Å²) in [5.41, 5.74) is 3.81. The number of carbonyl (C=O) groups is 1. The lowest BCUT2D eigenvalue weighted by molar-refractivity contribution is 0.0745. The quantitative estimate of drug-likeness (QED) is 0.453. The van der Waals surface area contributed by atoms with E-state index in [1.54, 1.807) is 36.3 Å². The second-order valence-electron chi connectivity index (χ2n) is 9.83. The van der Waals surface area contributed by atoms with E-state index in [0.29, 0.717) is 43.3 Å². The summed E-state index contributed by atoms with van der Waals surface area (Å²) in [6.07, 6.45) is 0.934. The number of hydrogen-bond acceptors (Lipinski definition) is 5. The first-order chi connectivity index (χ1) is 17.7. The van der Waals surface area contributed by atoms with Crippen LogP contribution in [0.3, 0.4) is 0 Å². The van der Waals surface area contributed by atoms with E-state index in [9.17, 15) is 13.2 Å². The van der Waals surface area contributed by atoms with Crippen molar-refractivity contribution < 1.29 is 17.9 Å². The Hall–Kier alpha value is -3.52. The lowest BCUT2D eigenvalue weighted by atomic mass is 10.0. The van der Waals surface area contributed by atoms with Crippen LogP contribution in [0.15, 0.2) is 71.6 Å². The Morgan fingerprint density at radius 1 is 0.973 bits per heavy atom. The molecule has 1 amide bonds. The summed E-state index contributed by atoms with van der Waals surface area (Å²) in [7, 11) is -2.20. The highest BCUT2D eigenvalue weighted by Gasteiger charge is 2.26. The number of para-hydroxylation sites is 2. The third kappa shape index (κ3) is 6.25. The van der Waals surface area contributed by atoms with E-state index in [0.717, 1.165) is 29.0 Å². The molecule has 7 nitrogen and oxygen atoms in total. The highest BCUT2D eigenvalue weighted by Crippen LogP contribution is 2.29. The van der Waals surface area contributed by atoms with Gasteiger partial charge in [0.25, 0.3) is 15.9 Å². The first-order valence-electron chi connectivity index (χ1n) is 12.6. The molecule has 0 unspecified atom stereocenters. The molecular formula is C29H35N3O4S. The summed E-state index contributed by atoms with van der Waals surface area (Å²) in [5, 5.41) is 0. The number of amides is 1. The number of nitrogens with one attached hydrogen (secondary N) is 1. The van der Waals surface area contributed by atoms with Crippen LogP contribution in [0, 0.1) is 12.8 Å². The number of piperazine rings is 1. The van der Waals surface area contributed by atoms with Crippen molar-refractivity contribution in [2.24, 2.45) is 5.92 Å². The van der Waals surface area contributed by atoms with Gasteiger partial charge < -0.3 is 14.5 Å². The van der Waals surface area contributed by atoms with Gasteiger partial charge in [0, 0.05) is 37.4 Å². The Morgan fingerprint density at radius 3 is 2.30 bits per heavy atom. The van der Waals surface area contributed by atoms with Crippen molar-refractivity contribution >= 4 is 27.3 Å². The lowest BCUT2D eigenvalue weighted by Crippen LogP contribution is -2.49. The number of sulfonamides is 1. The number of anilines is 2. The van der Waals surface area contributed by atoms with Crippen LogP contribution < -0.4 is 14.4 Å². The van der Waals surface area contributed by atoms with Crippen LogP contribution in [0.25, 0.3) is 0 Å². The van der Waals surface area contributed by atoms with Crippen molar-refractivity contribution in [1.29, 1.82) is 0 Å². The number of carbonyl (C=O) groups excluding carboxylic acids is 1. The van der Waals surface area contributed by atoms with E-state index in [1.807, 2.05) is 43.3 Å². The maximum absolute atomic E-state index is 13.4. The molecule has 0 bridgehead atoms. The second kappa shape index (κ2) is 11.3. The van der Waals surface area contributed by atoms with Crippen LogP contribution >= 0.6 is 0 Å². The molecule has 3 aromatic carbocycles. The molecule has 0 spiro atoms. The predicted octanol–water partition coefficient (Wildman–Crippen LogP) is 4.97. The van der Waals surface area contributed by atoms with Crippen molar-refractivity contribution in [3.8, 4) is 5.75 Å². The molecule has 4 rings (SSSR count). The number of ether oxygens (including phenoxy) is 1. The zero-order valence-electron chi connectivity index (χ0n) is 21.9. The lowest BCUT2D eigenvalue weighted by Gasteiger charge is -2.36. The zero-order chi connectivity index (χ0) is 26.6. The molecule has 3 aromatic rings. The fraction of sp³-hybridized carbons (Fsp3) is 0.345. The third-order valence-corrected chi connectivity index (χ3v) is 7.97. The smallest absolute Gasteiger partial charge is 0.261 e. The van der Waals surface area contributed by atoms with Gasteiger partial charge in [0.2, 0.25) is 0 Å². The highest BCUT2D eigenvalue weighted by molar-refractivity contribution is 7.92. The molecule has 0 saturated carbocycles. The molecule has 1 heterocycles. The maximum Gasteiger partial charge on any atom is 0.261 e. The summed E-state index contributed by atoms with van der Waals surface area (Å²) in [4.78, 5) is 17.5. The zero-order valence-corrected chi connectivity index (χ0v) is 22.7. The Balaban J connectivity index is 1.46. The molecule has 0 aromatic heterocycles. The van der Waals surface area contributed by atoms with Crippen molar-refractivity contribution in [3.05, 3.63) is 83.4 Å². The molecule has 0 aliphatic carbocycles. The van der Waals surface area contributed by atoms with Crippen molar-refractivity contribution in [2.75, 3.05) is 42.9 Å². The van der Waals surface area contributed by atoms with E-state index in [-0.39, 0.29) is 10.8 Å². The van der Waals surface area contributed by atoms with Crippen LogP contribution in [0.4, 0.5) is 11.4 Å². The number of hydrogen-bond donors (Lipinski definition) is 1. The molecule has 8 heteroatoms. The fourth-order valence-corrected chi connectivity index (χ4v) is 5.69. The SMILES string of the molecule is COc1ccccc1N1CCN(C(=O)c2cc(S(=O)(=O)Nc3ccc(CC(C)C)cc3)ccc2C)CC1. The molecule has 37 heavy (non-hydrogen) atoms. The van der Waals surface area contributed by atoms with E-state index in [1.165, 1.54) is 6.07 Å². The molecular weight excluding hydrogens is 486 g/mol. The molecule has 1 N–H and O–H groups in total. The van der Waals surface area contributed by atoms with Crippen LogP contribution in [0.2, 0.25) is 0 Å². The third-order valence-electron chi connectivity index (χ3n) is 6.59. The Bertz CT molecular complexity index is 1350. The fourth-order valence-electron chi connectivity index (χ4n) is 4.60. The van der Waals surface area contributed by atoms with Gasteiger partial charge in [-0.15, -0.1) is 0 Å². The van der Waals surface area contributed by atoms with Gasteiger partial charge in [-0.1, -0.05) is 44.2 Å². The van der Waals surface area contributed by atoms with Crippen LogP contribution in [0.5, 0.6) is 5.75 Å². The van der Waals surface area contributed by atoms with E-state index in [4.69, 9.17) is 4.74 Å². The first kappa shape index (κ1) is 26.5. The molecule has 0 atom stereocenters. The van der Waals surface area contributed by atoms with E-state index >= 15 is 0 Å². The molecule has 1 saturated heterocycles. The minimum absolute atomic E-state index is 0.0698. The normalized spacial score (nSPS) is 14.1. The molecule has 1 fully saturated rings. The Kier molecular flexibility index (Phi) is 8.07. The average molecular weight is 522 g/mol. The van der Waals surface area contributed by atoms with Gasteiger partial charge in [0.05, 0.1) is 17.7 Å². The predicted molar refractivity (Wildman–Crippen MR) is 148 cm³/mol. The van der Waals surface area contributed by atoms with Crippen LogP contribution in [0.1, 0.15) is 35.3 Å². The van der Waals surface area contributed by atoms with E-state index < -0.39 is 10.0 Å². The summed E-state index contributed by atoms with van der Waals surface area (Å²) in [6, 6.07) is 20.0. The topological polar surface area (TPSA) is 79.0 Å². The minimum atomic E-state index is -3.85. The number of nitrogens with zero attached hydrogens (tertiary/aromatic N) is 2. The monoisotopic (exact) mass is 521 g/mol. The van der Waals surface area contributed by atoms with Gasteiger partial charge in [0.1, 0.15) is 5.75 Å². The van der Waals surface area contributed by atoms with Gasteiger partial charge in [-0.25, -0.2) is 8.42 Å². The summed E-state index contributed by atoms with van der Waals surface area (Å²) in [6.45, 7) is 8.52. The first-order valence-corrected chi connectivity index (χ1v) is 14.1. The maximum atomic E-state index is 13.4. The number of aryl methyl sites for hydroxylation is 1. The van der Waals surface area contributed by atoms with Crippen LogP contribution in [-0.4, -0.2) is 52.5 Å². The van der Waals surface area contributed by atoms with Crippen molar-refractivity contribution in [2.45, 2.75) is 32.1 Å². The Morgan fingerprint density at radius 2 is 1.65 bits per heavy atom.